The Balaban J connectivity index is 4.67. The van der Waals surface area contributed by atoms with Crippen LogP contribution in [0.2, 0.25) is 0 Å². The van der Waals surface area contributed by atoms with Crippen molar-refractivity contribution in [3.8, 4) is 0 Å². The van der Waals surface area contributed by atoms with Crippen LogP contribution in [0.3, 0.4) is 0 Å². The predicted molar refractivity (Wildman–Crippen MR) is 245 cm³/mol. The van der Waals surface area contributed by atoms with E-state index in [0.717, 1.165) is 77.0 Å². The Morgan fingerprint density at radius 1 is 0.526 bits per heavy atom. The first-order valence-electron chi connectivity index (χ1n) is 24.4. The van der Waals surface area contributed by atoms with E-state index in [1.165, 1.54) is 116 Å². The second kappa shape index (κ2) is 44.9. The molecular formula is C51H93NO5. The Bertz CT molecular complexity index is 988. The molecule has 3 unspecified atom stereocenters. The Hall–Kier alpha value is -2.18. The second-order valence-electron chi connectivity index (χ2n) is 16.5. The van der Waals surface area contributed by atoms with Crippen molar-refractivity contribution in [2.45, 2.75) is 257 Å². The summed E-state index contributed by atoms with van der Waals surface area (Å²) < 4.78 is 5.89. The molecule has 0 bridgehead atoms. The summed E-state index contributed by atoms with van der Waals surface area (Å²) in [5, 5.41) is 23.6. The van der Waals surface area contributed by atoms with Gasteiger partial charge in [-0.1, -0.05) is 217 Å². The van der Waals surface area contributed by atoms with Crippen molar-refractivity contribution >= 4 is 11.9 Å². The van der Waals surface area contributed by atoms with Crippen LogP contribution in [0.15, 0.2) is 48.6 Å². The largest absolute Gasteiger partial charge is 0.462 e. The fraction of sp³-hybridized carbons (Fsp3) is 0.804. The zero-order valence-corrected chi connectivity index (χ0v) is 37.7. The van der Waals surface area contributed by atoms with Crippen molar-refractivity contribution in [2.24, 2.45) is 0 Å². The fourth-order valence-electron chi connectivity index (χ4n) is 7.25. The second-order valence-corrected chi connectivity index (χ2v) is 16.5. The van der Waals surface area contributed by atoms with Crippen LogP contribution in [0, 0.1) is 0 Å². The summed E-state index contributed by atoms with van der Waals surface area (Å²) in [7, 11) is 0. The average molecular weight is 800 g/mol. The van der Waals surface area contributed by atoms with Gasteiger partial charge in [0.25, 0.3) is 0 Å². The number of nitrogens with one attached hydrogen (secondary N) is 1. The maximum Gasteiger partial charge on any atom is 0.306 e. The van der Waals surface area contributed by atoms with Gasteiger partial charge in [-0.05, 0) is 57.8 Å². The number of aliphatic hydroxyl groups excluding tert-OH is 2. The van der Waals surface area contributed by atoms with Crippen LogP contribution in [0.4, 0.5) is 0 Å². The highest BCUT2D eigenvalue weighted by Gasteiger charge is 2.24. The molecule has 3 atom stereocenters. The van der Waals surface area contributed by atoms with E-state index in [-0.39, 0.29) is 24.9 Å². The van der Waals surface area contributed by atoms with Gasteiger partial charge in [-0.2, -0.15) is 0 Å². The number of esters is 1. The Morgan fingerprint density at radius 3 is 1.40 bits per heavy atom. The van der Waals surface area contributed by atoms with E-state index in [1.807, 2.05) is 0 Å². The summed E-state index contributed by atoms with van der Waals surface area (Å²) in [6.07, 6.45) is 53.2. The Morgan fingerprint density at radius 2 is 0.947 bits per heavy atom. The van der Waals surface area contributed by atoms with Crippen LogP contribution < -0.4 is 5.32 Å². The third-order valence-electron chi connectivity index (χ3n) is 10.9. The number of hydrogen-bond donors (Lipinski definition) is 3. The van der Waals surface area contributed by atoms with Gasteiger partial charge in [0.05, 0.1) is 25.2 Å². The first-order valence-corrected chi connectivity index (χ1v) is 24.4. The summed E-state index contributed by atoms with van der Waals surface area (Å²) in [5.41, 5.74) is 0. The molecule has 3 N–H and O–H groups in total. The number of rotatable bonds is 43. The smallest absolute Gasteiger partial charge is 0.306 e. The van der Waals surface area contributed by atoms with Gasteiger partial charge >= 0.3 is 5.97 Å². The lowest BCUT2D eigenvalue weighted by atomic mass is 10.0. The van der Waals surface area contributed by atoms with E-state index in [0.29, 0.717) is 19.3 Å². The van der Waals surface area contributed by atoms with Crippen molar-refractivity contribution in [3.63, 3.8) is 0 Å². The van der Waals surface area contributed by atoms with E-state index in [4.69, 9.17) is 4.74 Å². The third-order valence-corrected chi connectivity index (χ3v) is 10.9. The first kappa shape index (κ1) is 54.8. The maximum absolute atomic E-state index is 13.1. The minimum atomic E-state index is -0.799. The lowest BCUT2D eigenvalue weighted by molar-refractivity contribution is -0.151. The summed E-state index contributed by atoms with van der Waals surface area (Å²) in [4.78, 5) is 26.0. The van der Waals surface area contributed by atoms with Gasteiger partial charge in [0, 0.05) is 6.42 Å². The molecule has 0 saturated heterocycles. The lowest BCUT2D eigenvalue weighted by Gasteiger charge is -2.24. The zero-order chi connectivity index (χ0) is 41.7. The molecule has 0 aromatic rings. The van der Waals surface area contributed by atoms with E-state index in [9.17, 15) is 19.8 Å². The molecule has 0 heterocycles. The highest BCUT2D eigenvalue weighted by atomic mass is 16.5. The number of ether oxygens (including phenoxy) is 1. The highest BCUT2D eigenvalue weighted by molar-refractivity contribution is 5.77. The predicted octanol–water partition coefficient (Wildman–Crippen LogP) is 14.3. The van der Waals surface area contributed by atoms with Crippen molar-refractivity contribution in [1.29, 1.82) is 0 Å². The molecule has 57 heavy (non-hydrogen) atoms. The van der Waals surface area contributed by atoms with Crippen molar-refractivity contribution in [1.82, 2.24) is 5.32 Å². The van der Waals surface area contributed by atoms with Gasteiger partial charge in [0.15, 0.2) is 0 Å². The number of carbonyl (C=O) groups is 2. The molecule has 0 aromatic carbocycles. The minimum Gasteiger partial charge on any atom is -0.462 e. The van der Waals surface area contributed by atoms with Crippen LogP contribution in [-0.4, -0.2) is 46.9 Å². The van der Waals surface area contributed by atoms with Gasteiger partial charge in [0.1, 0.15) is 6.10 Å². The summed E-state index contributed by atoms with van der Waals surface area (Å²) in [5.74, 6) is -0.524. The molecule has 0 rings (SSSR count). The van der Waals surface area contributed by atoms with Crippen LogP contribution in [0.5, 0.6) is 0 Å². The van der Waals surface area contributed by atoms with Crippen LogP contribution >= 0.6 is 0 Å². The summed E-state index contributed by atoms with van der Waals surface area (Å²) in [6.45, 7) is 6.34. The number of hydrogen-bond acceptors (Lipinski definition) is 5. The van der Waals surface area contributed by atoms with Crippen LogP contribution in [-0.2, 0) is 14.3 Å². The van der Waals surface area contributed by atoms with Crippen LogP contribution in [0.25, 0.3) is 0 Å². The molecule has 1 amide bonds. The SMILES string of the molecule is CC/C=C/C/C=C/C/C=C/C/C=C/CCCC(CC(=O)NC(CO)C(O)CCCCCCCCCCCC)OC(=O)CCCCCCCCCCCCCCCC. The third kappa shape index (κ3) is 40.4. The van der Waals surface area contributed by atoms with Gasteiger partial charge in [-0.15, -0.1) is 0 Å². The minimum absolute atomic E-state index is 0.0418. The first-order chi connectivity index (χ1) is 28.0. The molecule has 0 aliphatic rings. The van der Waals surface area contributed by atoms with E-state index in [2.05, 4.69) is 74.7 Å². The van der Waals surface area contributed by atoms with E-state index in [1.54, 1.807) is 0 Å². The maximum atomic E-state index is 13.1. The normalized spacial score (nSPS) is 13.7. The standard InChI is InChI=1S/C51H93NO5/c1-4-7-10-13-16-19-22-24-26-28-30-33-36-39-42-47(57-51(56)44-41-38-35-32-29-27-25-23-20-17-14-11-8-5-2)45-50(55)52-48(46-53)49(54)43-40-37-34-31-21-18-15-12-9-6-3/h7,10,16,19,24,26,30,33,47-49,53-54H,4-6,8-9,11-15,17-18,20-23,25,27-29,31-32,34-46H2,1-3H3,(H,52,55)/b10-7+,19-16+,26-24+,33-30+. The highest BCUT2D eigenvalue weighted by Crippen LogP contribution is 2.17. The summed E-state index contributed by atoms with van der Waals surface area (Å²) >= 11 is 0. The van der Waals surface area contributed by atoms with Crippen LogP contribution in [0.1, 0.15) is 239 Å². The molecular weight excluding hydrogens is 707 g/mol. The molecule has 0 spiro atoms. The van der Waals surface area contributed by atoms with Gasteiger partial charge in [0.2, 0.25) is 5.91 Å². The van der Waals surface area contributed by atoms with E-state index < -0.39 is 18.2 Å². The molecule has 0 radical (unpaired) electrons. The fourth-order valence-corrected chi connectivity index (χ4v) is 7.25. The average Bonchev–Trinajstić information content (AvgIpc) is 3.20. The Labute approximate surface area is 353 Å². The molecule has 6 heteroatoms. The number of unbranched alkanes of at least 4 members (excludes halogenated alkanes) is 23. The number of amides is 1. The molecule has 0 fully saturated rings. The number of allylic oxidation sites excluding steroid dienone is 8. The van der Waals surface area contributed by atoms with E-state index >= 15 is 0 Å². The topological polar surface area (TPSA) is 95.9 Å². The van der Waals surface area contributed by atoms with Crippen molar-refractivity contribution < 1.29 is 24.5 Å². The van der Waals surface area contributed by atoms with Gasteiger partial charge in [-0.3, -0.25) is 9.59 Å². The van der Waals surface area contributed by atoms with Crippen molar-refractivity contribution in [2.75, 3.05) is 6.61 Å². The number of aliphatic hydroxyl groups is 2. The zero-order valence-electron chi connectivity index (χ0n) is 37.7. The monoisotopic (exact) mass is 800 g/mol. The van der Waals surface area contributed by atoms with Crippen molar-refractivity contribution in [3.05, 3.63) is 48.6 Å². The van der Waals surface area contributed by atoms with Gasteiger partial charge < -0.3 is 20.3 Å². The summed E-state index contributed by atoms with van der Waals surface area (Å²) in [6, 6.07) is -0.715. The quantitative estimate of drug-likeness (QED) is 0.0324. The molecule has 0 aliphatic heterocycles. The molecule has 6 nitrogen and oxygen atoms in total. The molecule has 0 aliphatic carbocycles. The molecule has 332 valence electrons. The Kier molecular flexibility index (Phi) is 43.2. The molecule has 0 aromatic heterocycles. The molecule has 0 saturated carbocycles. The lowest BCUT2D eigenvalue weighted by Crippen LogP contribution is -2.46. The number of carbonyl (C=O) groups excluding carboxylic acids is 2. The van der Waals surface area contributed by atoms with Gasteiger partial charge in [-0.25, -0.2) is 0 Å².